The Morgan fingerprint density at radius 2 is 1.52 bits per heavy atom. The molecule has 3 saturated heterocycles. The lowest BCUT2D eigenvalue weighted by molar-refractivity contribution is -0.137. The number of benzene rings is 1. The van der Waals surface area contributed by atoms with E-state index in [1.54, 1.807) is 0 Å². The van der Waals surface area contributed by atoms with E-state index in [4.69, 9.17) is 0 Å². The Labute approximate surface area is 177 Å². The summed E-state index contributed by atoms with van der Waals surface area (Å²) in [6.07, 6.45) is 9.68. The molecule has 0 aliphatic carbocycles. The largest absolute Gasteiger partial charge is 0.342 e. The van der Waals surface area contributed by atoms with Gasteiger partial charge in [0.25, 0.3) is 0 Å². The highest BCUT2D eigenvalue weighted by atomic mass is 16.2. The minimum Gasteiger partial charge on any atom is -0.342 e. The molecule has 29 heavy (non-hydrogen) atoms. The molecule has 0 radical (unpaired) electrons. The number of piperidine rings is 2. The first-order chi connectivity index (χ1) is 14.2. The van der Waals surface area contributed by atoms with Gasteiger partial charge in [-0.05, 0) is 82.8 Å². The lowest BCUT2D eigenvalue weighted by atomic mass is 9.92. The molecule has 0 N–H and O–H groups in total. The molecule has 1 aromatic rings. The second kappa shape index (κ2) is 10.1. The number of carbonyl (C=O) groups excluding carboxylic acids is 1. The van der Waals surface area contributed by atoms with Gasteiger partial charge in [0.15, 0.2) is 0 Å². The fourth-order valence-corrected chi connectivity index (χ4v) is 5.53. The average Bonchev–Trinajstić information content (AvgIpc) is 3.05. The van der Waals surface area contributed by atoms with Crippen molar-refractivity contribution in [1.29, 1.82) is 0 Å². The van der Waals surface area contributed by atoms with Crippen LogP contribution in [0.4, 0.5) is 0 Å². The van der Waals surface area contributed by atoms with E-state index in [2.05, 4.69) is 45.9 Å². The SMILES string of the molecule is Cc1ccccc1CN1CCC(N2CCC(C(=O)N3CCCCCC3)CC2)CC1. The van der Waals surface area contributed by atoms with Crippen LogP contribution in [0.2, 0.25) is 0 Å². The summed E-state index contributed by atoms with van der Waals surface area (Å²) < 4.78 is 0. The molecular weight excluding hydrogens is 358 g/mol. The number of hydrogen-bond acceptors (Lipinski definition) is 3. The number of amides is 1. The number of hydrogen-bond donors (Lipinski definition) is 0. The predicted octanol–water partition coefficient (Wildman–Crippen LogP) is 4.07. The Morgan fingerprint density at radius 1 is 0.862 bits per heavy atom. The van der Waals surface area contributed by atoms with Crippen molar-refractivity contribution in [3.05, 3.63) is 35.4 Å². The molecule has 4 heteroatoms. The molecule has 0 saturated carbocycles. The molecule has 0 spiro atoms. The van der Waals surface area contributed by atoms with Crippen LogP contribution in [0.1, 0.15) is 62.5 Å². The molecule has 160 valence electrons. The lowest BCUT2D eigenvalue weighted by Gasteiger charge is -2.42. The predicted molar refractivity (Wildman–Crippen MR) is 119 cm³/mol. The van der Waals surface area contributed by atoms with Crippen molar-refractivity contribution in [1.82, 2.24) is 14.7 Å². The number of rotatable bonds is 4. The third kappa shape index (κ3) is 5.40. The highest BCUT2D eigenvalue weighted by molar-refractivity contribution is 5.79. The number of aryl methyl sites for hydroxylation is 1. The van der Waals surface area contributed by atoms with Crippen molar-refractivity contribution < 1.29 is 4.79 Å². The summed E-state index contributed by atoms with van der Waals surface area (Å²) in [5, 5.41) is 0. The van der Waals surface area contributed by atoms with Gasteiger partial charge in [0, 0.05) is 31.6 Å². The van der Waals surface area contributed by atoms with Gasteiger partial charge >= 0.3 is 0 Å². The van der Waals surface area contributed by atoms with Gasteiger partial charge in [-0.25, -0.2) is 0 Å². The van der Waals surface area contributed by atoms with Gasteiger partial charge in [0.2, 0.25) is 5.91 Å². The maximum atomic E-state index is 12.9. The van der Waals surface area contributed by atoms with Gasteiger partial charge in [0.1, 0.15) is 0 Å². The summed E-state index contributed by atoms with van der Waals surface area (Å²) in [6.45, 7) is 9.94. The van der Waals surface area contributed by atoms with Crippen molar-refractivity contribution >= 4 is 5.91 Å². The maximum Gasteiger partial charge on any atom is 0.225 e. The monoisotopic (exact) mass is 397 g/mol. The molecule has 1 amide bonds. The van der Waals surface area contributed by atoms with E-state index in [9.17, 15) is 4.79 Å². The summed E-state index contributed by atoms with van der Waals surface area (Å²) >= 11 is 0. The second-order valence-corrected chi connectivity index (χ2v) is 9.48. The highest BCUT2D eigenvalue weighted by Gasteiger charge is 2.32. The summed E-state index contributed by atoms with van der Waals surface area (Å²) in [4.78, 5) is 20.4. The van der Waals surface area contributed by atoms with Crippen molar-refractivity contribution in [2.75, 3.05) is 39.3 Å². The maximum absolute atomic E-state index is 12.9. The molecular formula is C25H39N3O. The van der Waals surface area contributed by atoms with Crippen LogP contribution in [0.3, 0.4) is 0 Å². The fraction of sp³-hybridized carbons (Fsp3) is 0.720. The van der Waals surface area contributed by atoms with E-state index < -0.39 is 0 Å². The third-order valence-electron chi connectivity index (χ3n) is 7.53. The first kappa shape index (κ1) is 20.9. The number of nitrogens with zero attached hydrogens (tertiary/aromatic N) is 3. The van der Waals surface area contributed by atoms with Gasteiger partial charge in [-0.1, -0.05) is 37.1 Å². The van der Waals surface area contributed by atoms with Crippen LogP contribution in [-0.4, -0.2) is 65.9 Å². The summed E-state index contributed by atoms with van der Waals surface area (Å²) in [5.74, 6) is 0.741. The minimum absolute atomic E-state index is 0.283. The molecule has 3 fully saturated rings. The average molecular weight is 398 g/mol. The Morgan fingerprint density at radius 3 is 2.17 bits per heavy atom. The summed E-state index contributed by atoms with van der Waals surface area (Å²) in [6, 6.07) is 9.50. The van der Waals surface area contributed by atoms with Crippen LogP contribution in [-0.2, 0) is 11.3 Å². The smallest absolute Gasteiger partial charge is 0.225 e. The molecule has 3 aliphatic heterocycles. The molecule has 4 nitrogen and oxygen atoms in total. The van der Waals surface area contributed by atoms with E-state index in [1.165, 1.54) is 62.7 Å². The first-order valence-corrected chi connectivity index (χ1v) is 12.0. The Balaban J connectivity index is 1.21. The molecule has 4 rings (SSSR count). The Kier molecular flexibility index (Phi) is 7.25. The van der Waals surface area contributed by atoms with Crippen molar-refractivity contribution in [2.45, 2.75) is 70.9 Å². The first-order valence-electron chi connectivity index (χ1n) is 12.0. The Bertz CT molecular complexity index is 652. The van der Waals surface area contributed by atoms with Gasteiger partial charge in [0.05, 0.1) is 0 Å². The van der Waals surface area contributed by atoms with Crippen LogP contribution in [0.25, 0.3) is 0 Å². The number of likely N-dealkylation sites (tertiary alicyclic amines) is 3. The molecule has 0 atom stereocenters. The van der Waals surface area contributed by atoms with E-state index in [0.29, 0.717) is 5.91 Å². The zero-order chi connectivity index (χ0) is 20.1. The molecule has 3 aliphatic rings. The fourth-order valence-electron chi connectivity index (χ4n) is 5.53. The minimum atomic E-state index is 0.283. The van der Waals surface area contributed by atoms with Gasteiger partial charge in [-0.3, -0.25) is 9.69 Å². The zero-order valence-corrected chi connectivity index (χ0v) is 18.3. The van der Waals surface area contributed by atoms with E-state index in [1.807, 2.05) is 0 Å². The van der Waals surface area contributed by atoms with Crippen LogP contribution in [0.15, 0.2) is 24.3 Å². The second-order valence-electron chi connectivity index (χ2n) is 9.48. The van der Waals surface area contributed by atoms with E-state index in [-0.39, 0.29) is 5.92 Å². The summed E-state index contributed by atoms with van der Waals surface area (Å²) in [7, 11) is 0. The normalized spacial score (nSPS) is 23.8. The summed E-state index contributed by atoms with van der Waals surface area (Å²) in [5.41, 5.74) is 2.88. The van der Waals surface area contributed by atoms with E-state index >= 15 is 0 Å². The van der Waals surface area contributed by atoms with E-state index in [0.717, 1.165) is 51.6 Å². The molecule has 3 heterocycles. The lowest BCUT2D eigenvalue weighted by Crippen LogP contribution is -2.49. The van der Waals surface area contributed by atoms with Crippen molar-refractivity contribution in [2.24, 2.45) is 5.92 Å². The quantitative estimate of drug-likeness (QED) is 0.766. The zero-order valence-electron chi connectivity index (χ0n) is 18.3. The van der Waals surface area contributed by atoms with Gasteiger partial charge in [-0.15, -0.1) is 0 Å². The molecule has 0 aromatic heterocycles. The van der Waals surface area contributed by atoms with Crippen LogP contribution >= 0.6 is 0 Å². The molecule has 1 aromatic carbocycles. The van der Waals surface area contributed by atoms with Gasteiger partial charge < -0.3 is 9.80 Å². The number of carbonyl (C=O) groups is 1. The van der Waals surface area contributed by atoms with Crippen LogP contribution in [0, 0.1) is 12.8 Å². The third-order valence-corrected chi connectivity index (χ3v) is 7.53. The highest BCUT2D eigenvalue weighted by Crippen LogP contribution is 2.26. The molecule has 0 unspecified atom stereocenters. The van der Waals surface area contributed by atoms with Crippen LogP contribution in [0.5, 0.6) is 0 Å². The van der Waals surface area contributed by atoms with Gasteiger partial charge in [-0.2, -0.15) is 0 Å². The molecule has 0 bridgehead atoms. The van der Waals surface area contributed by atoms with Crippen molar-refractivity contribution in [3.8, 4) is 0 Å². The Hall–Kier alpha value is -1.39. The standard InChI is InChI=1S/C25H39N3O/c1-21-8-4-5-9-23(21)20-26-16-12-24(13-17-26)27-18-10-22(11-19-27)25(29)28-14-6-2-3-7-15-28/h4-5,8-9,22,24H,2-3,6-7,10-20H2,1H3. The van der Waals surface area contributed by atoms with Crippen LogP contribution < -0.4 is 0 Å². The van der Waals surface area contributed by atoms with Crippen molar-refractivity contribution in [3.63, 3.8) is 0 Å². The topological polar surface area (TPSA) is 26.8 Å².